The SMILES string of the molecule is CCCCOC(=O)C1=C(C)Nc2nc(SCCCC)nn2C1c1ccccc1OCCC. The van der Waals surface area contributed by atoms with Crippen LogP contribution in [0.2, 0.25) is 0 Å². The fourth-order valence-electron chi connectivity index (χ4n) is 3.49. The van der Waals surface area contributed by atoms with Crippen LogP contribution in [-0.4, -0.2) is 39.7 Å². The maximum atomic E-state index is 13.2. The predicted octanol–water partition coefficient (Wildman–Crippen LogP) is 5.59. The summed E-state index contributed by atoms with van der Waals surface area (Å²) in [7, 11) is 0. The van der Waals surface area contributed by atoms with E-state index in [1.807, 2.05) is 31.2 Å². The number of nitrogens with zero attached hydrogens (tertiary/aromatic N) is 3. The van der Waals surface area contributed by atoms with E-state index in [4.69, 9.17) is 14.6 Å². The number of esters is 1. The molecule has 7 nitrogen and oxygen atoms in total. The van der Waals surface area contributed by atoms with Gasteiger partial charge in [-0.1, -0.05) is 63.6 Å². The van der Waals surface area contributed by atoms with Crippen molar-refractivity contribution in [2.24, 2.45) is 0 Å². The van der Waals surface area contributed by atoms with Crippen LogP contribution in [0.1, 0.15) is 71.4 Å². The second-order valence-corrected chi connectivity index (χ2v) is 8.87. The summed E-state index contributed by atoms with van der Waals surface area (Å²) in [6.45, 7) is 9.20. The third kappa shape index (κ3) is 5.65. The van der Waals surface area contributed by atoms with E-state index in [-0.39, 0.29) is 5.97 Å². The number of ether oxygens (including phenoxy) is 2. The number of aromatic nitrogens is 3. The zero-order valence-corrected chi connectivity index (χ0v) is 20.3. The minimum absolute atomic E-state index is 0.333. The maximum absolute atomic E-state index is 13.2. The summed E-state index contributed by atoms with van der Waals surface area (Å²) in [6, 6.07) is 7.36. The molecule has 1 aliphatic rings. The zero-order valence-electron chi connectivity index (χ0n) is 19.5. The van der Waals surface area contributed by atoms with Crippen molar-refractivity contribution < 1.29 is 14.3 Å². The standard InChI is InChI=1S/C24H34N4O3S/c1-5-8-15-31-22(29)20-17(4)25-23-26-24(32-16-9-6-2)27-28(23)21(20)18-12-10-11-13-19(18)30-14-7-3/h10-13,21H,5-9,14-16H2,1-4H3,(H,25,26,27). The van der Waals surface area contributed by atoms with Crippen LogP contribution in [0.15, 0.2) is 40.7 Å². The summed E-state index contributed by atoms with van der Waals surface area (Å²) >= 11 is 1.63. The van der Waals surface area contributed by atoms with E-state index in [1.54, 1.807) is 16.4 Å². The zero-order chi connectivity index (χ0) is 22.9. The molecule has 0 saturated heterocycles. The number of para-hydroxylation sites is 1. The summed E-state index contributed by atoms with van der Waals surface area (Å²) in [5, 5.41) is 8.74. The van der Waals surface area contributed by atoms with Crippen LogP contribution < -0.4 is 10.1 Å². The van der Waals surface area contributed by atoms with Gasteiger partial charge in [-0.2, -0.15) is 4.98 Å². The summed E-state index contributed by atoms with van der Waals surface area (Å²) in [5.74, 6) is 2.00. The second-order valence-electron chi connectivity index (χ2n) is 7.81. The smallest absolute Gasteiger partial charge is 0.338 e. The molecule has 0 aliphatic carbocycles. The molecular weight excluding hydrogens is 424 g/mol. The van der Waals surface area contributed by atoms with Gasteiger partial charge in [0.2, 0.25) is 11.1 Å². The second kappa shape index (κ2) is 11.9. The third-order valence-corrected chi connectivity index (χ3v) is 6.11. The number of hydrogen-bond acceptors (Lipinski definition) is 7. The number of benzene rings is 1. The van der Waals surface area contributed by atoms with Crippen LogP contribution in [0.4, 0.5) is 5.95 Å². The van der Waals surface area contributed by atoms with Crippen molar-refractivity contribution >= 4 is 23.7 Å². The summed E-state index contributed by atoms with van der Waals surface area (Å²) in [4.78, 5) is 17.9. The normalized spacial score (nSPS) is 15.3. The number of nitrogens with one attached hydrogen (secondary N) is 1. The molecule has 0 spiro atoms. The van der Waals surface area contributed by atoms with E-state index in [2.05, 4.69) is 31.1 Å². The molecule has 8 heteroatoms. The number of carbonyl (C=O) groups excluding carboxylic acids is 1. The van der Waals surface area contributed by atoms with Crippen LogP contribution in [0.3, 0.4) is 0 Å². The fraction of sp³-hybridized carbons (Fsp3) is 0.542. The van der Waals surface area contributed by atoms with Crippen molar-refractivity contribution in [2.45, 2.75) is 71.0 Å². The number of anilines is 1. The van der Waals surface area contributed by atoms with Gasteiger partial charge in [-0.05, 0) is 32.3 Å². The van der Waals surface area contributed by atoms with Gasteiger partial charge in [0, 0.05) is 17.0 Å². The molecule has 1 aromatic carbocycles. The highest BCUT2D eigenvalue weighted by Crippen LogP contribution is 2.40. The molecule has 3 rings (SSSR count). The van der Waals surface area contributed by atoms with E-state index in [0.717, 1.165) is 54.9 Å². The highest BCUT2D eigenvalue weighted by Gasteiger charge is 2.36. The fourth-order valence-corrected chi connectivity index (χ4v) is 4.40. The summed E-state index contributed by atoms with van der Waals surface area (Å²) in [5.41, 5.74) is 2.14. The van der Waals surface area contributed by atoms with Crippen LogP contribution in [0.5, 0.6) is 5.75 Å². The first kappa shape index (κ1) is 24.2. The van der Waals surface area contributed by atoms with Crippen molar-refractivity contribution in [3.8, 4) is 5.75 Å². The largest absolute Gasteiger partial charge is 0.493 e. The molecule has 0 amide bonds. The van der Waals surface area contributed by atoms with Gasteiger partial charge in [-0.25, -0.2) is 9.48 Å². The van der Waals surface area contributed by atoms with Gasteiger partial charge in [-0.3, -0.25) is 0 Å². The molecule has 1 N–H and O–H groups in total. The monoisotopic (exact) mass is 458 g/mol. The molecule has 2 aromatic rings. The van der Waals surface area contributed by atoms with E-state index in [1.165, 1.54) is 0 Å². The molecule has 1 atom stereocenters. The first-order valence-electron chi connectivity index (χ1n) is 11.6. The molecule has 174 valence electrons. The Kier molecular flexibility index (Phi) is 9.02. The highest BCUT2D eigenvalue weighted by atomic mass is 32.2. The Balaban J connectivity index is 2.03. The predicted molar refractivity (Wildman–Crippen MR) is 128 cm³/mol. The number of unbranched alkanes of at least 4 members (excludes halogenated alkanes) is 2. The molecule has 2 heterocycles. The number of fused-ring (bicyclic) bond motifs is 1. The van der Waals surface area contributed by atoms with Gasteiger partial charge in [0.15, 0.2) is 0 Å². The average Bonchev–Trinajstić information content (AvgIpc) is 3.19. The van der Waals surface area contributed by atoms with Crippen LogP contribution in [0.25, 0.3) is 0 Å². The Morgan fingerprint density at radius 2 is 1.91 bits per heavy atom. The maximum Gasteiger partial charge on any atom is 0.338 e. The number of carbonyl (C=O) groups is 1. The Hall–Kier alpha value is -2.48. The van der Waals surface area contributed by atoms with Gasteiger partial charge >= 0.3 is 5.97 Å². The van der Waals surface area contributed by atoms with E-state index in [9.17, 15) is 4.79 Å². The van der Waals surface area contributed by atoms with E-state index >= 15 is 0 Å². The van der Waals surface area contributed by atoms with Crippen molar-refractivity contribution in [1.82, 2.24) is 14.8 Å². The van der Waals surface area contributed by atoms with Crippen molar-refractivity contribution in [3.63, 3.8) is 0 Å². The molecule has 1 aromatic heterocycles. The molecule has 1 unspecified atom stereocenters. The lowest BCUT2D eigenvalue weighted by Gasteiger charge is -2.29. The molecule has 1 aliphatic heterocycles. The Bertz CT molecular complexity index is 941. The molecule has 32 heavy (non-hydrogen) atoms. The van der Waals surface area contributed by atoms with Gasteiger partial charge in [-0.15, -0.1) is 5.10 Å². The van der Waals surface area contributed by atoms with Crippen LogP contribution in [0, 0.1) is 0 Å². The van der Waals surface area contributed by atoms with Crippen molar-refractivity contribution in [1.29, 1.82) is 0 Å². The topological polar surface area (TPSA) is 78.3 Å². The van der Waals surface area contributed by atoms with Crippen molar-refractivity contribution in [3.05, 3.63) is 41.1 Å². The molecule has 0 bridgehead atoms. The first-order chi connectivity index (χ1) is 15.6. The summed E-state index contributed by atoms with van der Waals surface area (Å²) in [6.07, 6.45) is 4.92. The molecule has 0 fully saturated rings. The average molecular weight is 459 g/mol. The lowest BCUT2D eigenvalue weighted by atomic mass is 9.95. The minimum Gasteiger partial charge on any atom is -0.493 e. The van der Waals surface area contributed by atoms with Crippen LogP contribution >= 0.6 is 11.8 Å². The first-order valence-corrected chi connectivity index (χ1v) is 12.5. The lowest BCUT2D eigenvalue weighted by Crippen LogP contribution is -2.30. The lowest BCUT2D eigenvalue weighted by molar-refractivity contribution is -0.139. The van der Waals surface area contributed by atoms with Crippen LogP contribution in [-0.2, 0) is 9.53 Å². The Morgan fingerprint density at radius 1 is 1.12 bits per heavy atom. The van der Waals surface area contributed by atoms with E-state index in [0.29, 0.717) is 29.9 Å². The van der Waals surface area contributed by atoms with Gasteiger partial charge in [0.25, 0.3) is 0 Å². The minimum atomic E-state index is -0.471. The third-order valence-electron chi connectivity index (χ3n) is 5.19. The number of allylic oxidation sites excluding steroid dienone is 1. The quantitative estimate of drug-likeness (QED) is 0.252. The van der Waals surface area contributed by atoms with Gasteiger partial charge < -0.3 is 14.8 Å². The number of hydrogen-bond donors (Lipinski definition) is 1. The van der Waals surface area contributed by atoms with E-state index < -0.39 is 6.04 Å². The number of thioether (sulfide) groups is 1. The van der Waals surface area contributed by atoms with Crippen molar-refractivity contribution in [2.75, 3.05) is 24.3 Å². The van der Waals surface area contributed by atoms with Gasteiger partial charge in [0.1, 0.15) is 11.8 Å². The van der Waals surface area contributed by atoms with Gasteiger partial charge in [0.05, 0.1) is 18.8 Å². The highest BCUT2D eigenvalue weighted by molar-refractivity contribution is 7.99. The number of rotatable bonds is 12. The Labute approximate surface area is 195 Å². The summed E-state index contributed by atoms with van der Waals surface area (Å²) < 4.78 is 13.5. The Morgan fingerprint density at radius 3 is 2.66 bits per heavy atom. The molecular formula is C24H34N4O3S. The molecule has 0 radical (unpaired) electrons. The molecule has 0 saturated carbocycles.